The molecule has 100 valence electrons. The van der Waals surface area contributed by atoms with Gasteiger partial charge in [-0.15, -0.1) is 0 Å². The summed E-state index contributed by atoms with van der Waals surface area (Å²) >= 11 is 11.8. The van der Waals surface area contributed by atoms with Gasteiger partial charge in [-0.3, -0.25) is 4.79 Å². The summed E-state index contributed by atoms with van der Waals surface area (Å²) in [5.74, 6) is -0.223. The van der Waals surface area contributed by atoms with Gasteiger partial charge < -0.3 is 4.90 Å². The summed E-state index contributed by atoms with van der Waals surface area (Å²) in [6.07, 6.45) is 0. The molecule has 2 aromatic rings. The summed E-state index contributed by atoms with van der Waals surface area (Å²) in [6, 6.07) is 13.5. The number of hydrogen-bond acceptors (Lipinski definition) is 2. The Morgan fingerprint density at radius 1 is 1.10 bits per heavy atom. The minimum Gasteiger partial charge on any atom is -0.311 e. The van der Waals surface area contributed by atoms with Crippen molar-refractivity contribution < 1.29 is 4.79 Å². The molecule has 0 aromatic heterocycles. The lowest BCUT2D eigenvalue weighted by Gasteiger charge is -2.17. The Bertz CT molecular complexity index is 670. The second kappa shape index (κ2) is 5.96. The summed E-state index contributed by atoms with van der Waals surface area (Å²) in [5.41, 5.74) is 1.64. The van der Waals surface area contributed by atoms with E-state index in [2.05, 4.69) is 0 Å². The molecule has 0 aliphatic carbocycles. The number of hydrogen-bond donors (Lipinski definition) is 0. The van der Waals surface area contributed by atoms with Crippen LogP contribution < -0.4 is 4.90 Å². The third-order valence-electron chi connectivity index (χ3n) is 2.80. The number of carbonyl (C=O) groups excluding carboxylic acids is 1. The lowest BCUT2D eigenvalue weighted by molar-refractivity contribution is 0.0993. The van der Waals surface area contributed by atoms with Gasteiger partial charge in [0.05, 0.1) is 11.6 Å². The smallest absolute Gasteiger partial charge is 0.258 e. The van der Waals surface area contributed by atoms with Gasteiger partial charge in [0, 0.05) is 28.3 Å². The molecule has 0 saturated carbocycles. The molecule has 0 bridgehead atoms. The van der Waals surface area contributed by atoms with Crippen molar-refractivity contribution in [3.05, 3.63) is 63.6 Å². The zero-order chi connectivity index (χ0) is 14.7. The van der Waals surface area contributed by atoms with Crippen LogP contribution in [-0.4, -0.2) is 13.0 Å². The molecular weight excluding hydrogens is 295 g/mol. The van der Waals surface area contributed by atoms with Crippen LogP contribution in [0, 0.1) is 11.3 Å². The predicted octanol–water partition coefficient (Wildman–Crippen LogP) is 4.14. The molecule has 5 heteroatoms. The molecular formula is C15H10Cl2N2O. The Labute approximate surface area is 127 Å². The van der Waals surface area contributed by atoms with Gasteiger partial charge in [0.1, 0.15) is 0 Å². The fourth-order valence-electron chi connectivity index (χ4n) is 1.75. The van der Waals surface area contributed by atoms with Gasteiger partial charge in [-0.25, -0.2) is 0 Å². The lowest BCUT2D eigenvalue weighted by Crippen LogP contribution is -2.26. The molecule has 0 spiro atoms. The number of benzene rings is 2. The monoisotopic (exact) mass is 304 g/mol. The lowest BCUT2D eigenvalue weighted by atomic mass is 10.1. The van der Waals surface area contributed by atoms with Gasteiger partial charge in [-0.2, -0.15) is 5.26 Å². The topological polar surface area (TPSA) is 44.1 Å². The molecule has 3 nitrogen and oxygen atoms in total. The second-order valence-electron chi connectivity index (χ2n) is 4.18. The second-order valence-corrected chi connectivity index (χ2v) is 5.05. The van der Waals surface area contributed by atoms with E-state index >= 15 is 0 Å². The summed E-state index contributed by atoms with van der Waals surface area (Å²) < 4.78 is 0. The third kappa shape index (κ3) is 3.11. The molecule has 0 N–H and O–H groups in total. The van der Waals surface area contributed by atoms with Gasteiger partial charge in [0.15, 0.2) is 0 Å². The molecule has 1 amide bonds. The van der Waals surface area contributed by atoms with Gasteiger partial charge in [0.2, 0.25) is 0 Å². The quantitative estimate of drug-likeness (QED) is 0.837. The van der Waals surface area contributed by atoms with E-state index in [9.17, 15) is 4.79 Å². The number of anilines is 1. The summed E-state index contributed by atoms with van der Waals surface area (Å²) in [5, 5.41) is 9.58. The molecule has 0 aliphatic rings. The van der Waals surface area contributed by atoms with E-state index in [0.29, 0.717) is 26.9 Å². The molecule has 0 fully saturated rings. The first-order valence-corrected chi connectivity index (χ1v) is 6.51. The van der Waals surface area contributed by atoms with Crippen LogP contribution in [0.3, 0.4) is 0 Å². The van der Waals surface area contributed by atoms with Crippen LogP contribution in [0.5, 0.6) is 0 Å². The molecule has 20 heavy (non-hydrogen) atoms. The van der Waals surface area contributed by atoms with Crippen molar-refractivity contribution in [3.8, 4) is 6.07 Å². The van der Waals surface area contributed by atoms with Gasteiger partial charge in [-0.05, 0) is 42.5 Å². The maximum Gasteiger partial charge on any atom is 0.258 e. The molecule has 0 radical (unpaired) electrons. The van der Waals surface area contributed by atoms with Crippen LogP contribution in [0.4, 0.5) is 5.69 Å². The van der Waals surface area contributed by atoms with E-state index in [1.165, 1.54) is 4.90 Å². The van der Waals surface area contributed by atoms with E-state index < -0.39 is 0 Å². The predicted molar refractivity (Wildman–Crippen MR) is 80.4 cm³/mol. The fraction of sp³-hybridized carbons (Fsp3) is 0.0667. The van der Waals surface area contributed by atoms with E-state index in [0.717, 1.165) is 0 Å². The van der Waals surface area contributed by atoms with Crippen LogP contribution in [0.15, 0.2) is 42.5 Å². The van der Waals surface area contributed by atoms with Crippen molar-refractivity contribution >= 4 is 34.8 Å². The Morgan fingerprint density at radius 3 is 2.15 bits per heavy atom. The van der Waals surface area contributed by atoms with Crippen molar-refractivity contribution in [3.63, 3.8) is 0 Å². The number of halogens is 2. The van der Waals surface area contributed by atoms with Crippen LogP contribution in [0.25, 0.3) is 0 Å². The maximum absolute atomic E-state index is 12.3. The molecule has 0 heterocycles. The van der Waals surface area contributed by atoms with Crippen molar-refractivity contribution in [1.29, 1.82) is 5.26 Å². The highest BCUT2D eigenvalue weighted by Crippen LogP contribution is 2.22. The number of nitrogens with zero attached hydrogens (tertiary/aromatic N) is 2. The van der Waals surface area contributed by atoms with Gasteiger partial charge in [-0.1, -0.05) is 23.2 Å². The van der Waals surface area contributed by atoms with E-state index in [4.69, 9.17) is 28.5 Å². The van der Waals surface area contributed by atoms with Gasteiger partial charge in [0.25, 0.3) is 5.91 Å². The first-order valence-electron chi connectivity index (χ1n) is 5.75. The minimum atomic E-state index is -0.223. The van der Waals surface area contributed by atoms with Crippen molar-refractivity contribution in [1.82, 2.24) is 0 Å². The zero-order valence-corrected chi connectivity index (χ0v) is 12.1. The Morgan fingerprint density at radius 2 is 1.65 bits per heavy atom. The highest BCUT2D eigenvalue weighted by Gasteiger charge is 2.14. The Balaban J connectivity index is 2.29. The fourth-order valence-corrected chi connectivity index (χ4v) is 2.27. The van der Waals surface area contributed by atoms with Crippen LogP contribution in [0.2, 0.25) is 10.0 Å². The van der Waals surface area contributed by atoms with Crippen LogP contribution in [0.1, 0.15) is 15.9 Å². The number of nitriles is 1. The van der Waals surface area contributed by atoms with Crippen molar-refractivity contribution in [2.45, 2.75) is 0 Å². The van der Waals surface area contributed by atoms with Crippen LogP contribution >= 0.6 is 23.2 Å². The SMILES string of the molecule is CN(C(=O)c1cc(Cl)cc(Cl)c1)c1ccc(C#N)cc1. The number of carbonyl (C=O) groups is 1. The van der Waals surface area contributed by atoms with E-state index in [-0.39, 0.29) is 5.91 Å². The number of rotatable bonds is 2. The number of amides is 1. The van der Waals surface area contributed by atoms with Crippen molar-refractivity contribution in [2.75, 3.05) is 11.9 Å². The first-order chi connectivity index (χ1) is 9.51. The summed E-state index contributed by atoms with van der Waals surface area (Å²) in [6.45, 7) is 0. The molecule has 0 atom stereocenters. The molecule has 2 aromatic carbocycles. The first kappa shape index (κ1) is 14.4. The Kier molecular flexibility index (Phi) is 4.29. The zero-order valence-electron chi connectivity index (χ0n) is 10.6. The standard InChI is InChI=1S/C15H10Cl2N2O/c1-19(14-4-2-10(9-18)3-5-14)15(20)11-6-12(16)8-13(17)7-11/h2-8H,1H3. The Hall–Kier alpha value is -2.02. The highest BCUT2D eigenvalue weighted by molar-refractivity contribution is 6.35. The van der Waals surface area contributed by atoms with Gasteiger partial charge >= 0.3 is 0 Å². The average molecular weight is 305 g/mol. The summed E-state index contributed by atoms with van der Waals surface area (Å²) in [4.78, 5) is 13.8. The maximum atomic E-state index is 12.3. The van der Waals surface area contributed by atoms with E-state index in [1.807, 2.05) is 6.07 Å². The van der Waals surface area contributed by atoms with Crippen molar-refractivity contribution in [2.24, 2.45) is 0 Å². The third-order valence-corrected chi connectivity index (χ3v) is 3.23. The van der Waals surface area contributed by atoms with E-state index in [1.54, 1.807) is 49.5 Å². The highest BCUT2D eigenvalue weighted by atomic mass is 35.5. The molecule has 0 unspecified atom stereocenters. The molecule has 0 saturated heterocycles. The van der Waals surface area contributed by atoms with Crippen LogP contribution in [-0.2, 0) is 0 Å². The largest absolute Gasteiger partial charge is 0.311 e. The summed E-state index contributed by atoms with van der Waals surface area (Å²) in [7, 11) is 1.65. The minimum absolute atomic E-state index is 0.223. The molecule has 2 rings (SSSR count). The average Bonchev–Trinajstić information content (AvgIpc) is 2.45. The normalized spacial score (nSPS) is 9.90. The molecule has 0 aliphatic heterocycles.